The highest BCUT2D eigenvalue weighted by Crippen LogP contribution is 2.23. The van der Waals surface area contributed by atoms with Gasteiger partial charge in [0.05, 0.1) is 6.20 Å². The highest BCUT2D eigenvalue weighted by atomic mass is 32.2. The molecule has 1 aromatic heterocycles. The summed E-state index contributed by atoms with van der Waals surface area (Å²) in [5.41, 5.74) is 1.88. The number of nitrogens with one attached hydrogen (secondary N) is 2. The van der Waals surface area contributed by atoms with Gasteiger partial charge in [0.1, 0.15) is 11.5 Å². The van der Waals surface area contributed by atoms with Crippen molar-refractivity contribution in [1.82, 2.24) is 14.9 Å². The van der Waals surface area contributed by atoms with Crippen molar-refractivity contribution in [2.45, 2.75) is 12.1 Å². The fourth-order valence-electron chi connectivity index (χ4n) is 2.67. The molecule has 0 radical (unpaired) electrons. The Hall–Kier alpha value is -3.13. The first-order valence-corrected chi connectivity index (χ1v) is 9.83. The van der Waals surface area contributed by atoms with Gasteiger partial charge in [0, 0.05) is 23.5 Å². The van der Waals surface area contributed by atoms with Crippen molar-refractivity contribution in [3.8, 4) is 5.69 Å². The van der Waals surface area contributed by atoms with Crippen molar-refractivity contribution < 1.29 is 14.0 Å². The van der Waals surface area contributed by atoms with Crippen LogP contribution in [0.3, 0.4) is 0 Å². The third-order valence-corrected chi connectivity index (χ3v) is 4.60. The summed E-state index contributed by atoms with van der Waals surface area (Å²) in [6.45, 7) is 2.35. The number of benzene rings is 2. The molecule has 0 spiro atoms. The van der Waals surface area contributed by atoms with Crippen molar-refractivity contribution in [2.24, 2.45) is 0 Å². The van der Waals surface area contributed by atoms with Crippen molar-refractivity contribution in [3.05, 3.63) is 71.8 Å². The molecule has 2 N–H and O–H groups in total. The largest absolute Gasteiger partial charge is 0.352 e. The number of hydrogen-bond donors (Lipinski definition) is 2. The van der Waals surface area contributed by atoms with Crippen LogP contribution in [0.15, 0.2) is 59.9 Å². The number of nitrogens with zero attached hydrogens (tertiary/aromatic N) is 2. The monoisotopic (exact) mass is 398 g/mol. The summed E-state index contributed by atoms with van der Waals surface area (Å²) in [5, 5.41) is 6.12. The third kappa shape index (κ3) is 4.23. The van der Waals surface area contributed by atoms with E-state index in [0.29, 0.717) is 34.3 Å². The molecule has 0 aliphatic heterocycles. The zero-order chi connectivity index (χ0) is 20.1. The molecule has 2 amide bonds. The van der Waals surface area contributed by atoms with Crippen molar-refractivity contribution >= 4 is 29.3 Å². The van der Waals surface area contributed by atoms with Gasteiger partial charge in [0.2, 0.25) is 0 Å². The minimum absolute atomic E-state index is 0.209. The van der Waals surface area contributed by atoms with E-state index in [-0.39, 0.29) is 17.6 Å². The van der Waals surface area contributed by atoms with Crippen molar-refractivity contribution in [2.75, 3.05) is 18.1 Å². The normalized spacial score (nSPS) is 10.5. The Morgan fingerprint density at radius 2 is 1.89 bits per heavy atom. The summed E-state index contributed by atoms with van der Waals surface area (Å²) >= 11 is 1.38. The fraction of sp³-hybridized carbons (Fsp3) is 0.150. The maximum atomic E-state index is 13.3. The van der Waals surface area contributed by atoms with Gasteiger partial charge in [-0.1, -0.05) is 17.8 Å². The Balaban J connectivity index is 1.90. The van der Waals surface area contributed by atoms with E-state index in [9.17, 15) is 14.0 Å². The van der Waals surface area contributed by atoms with Crippen LogP contribution in [0.1, 0.15) is 27.8 Å². The molecule has 1 heterocycles. The van der Waals surface area contributed by atoms with Gasteiger partial charge < -0.3 is 10.6 Å². The zero-order valence-electron chi connectivity index (χ0n) is 15.4. The van der Waals surface area contributed by atoms with Gasteiger partial charge >= 0.3 is 0 Å². The summed E-state index contributed by atoms with van der Waals surface area (Å²) in [6.07, 6.45) is 3.32. The average Bonchev–Trinajstić information content (AvgIpc) is 3.13. The van der Waals surface area contributed by atoms with E-state index < -0.39 is 0 Å². The van der Waals surface area contributed by atoms with E-state index in [0.717, 1.165) is 0 Å². The zero-order valence-corrected chi connectivity index (χ0v) is 16.2. The van der Waals surface area contributed by atoms with Gasteiger partial charge in [-0.05, 0) is 55.6 Å². The maximum Gasteiger partial charge on any atom is 0.274 e. The molecule has 0 saturated carbocycles. The molecular formula is C20H19FN4O2S. The number of imidazole rings is 1. The van der Waals surface area contributed by atoms with Gasteiger partial charge in [-0.3, -0.25) is 14.2 Å². The molecule has 0 atom stereocenters. The lowest BCUT2D eigenvalue weighted by molar-refractivity contribution is 0.0954. The van der Waals surface area contributed by atoms with Crippen LogP contribution < -0.4 is 10.6 Å². The van der Waals surface area contributed by atoms with Crippen molar-refractivity contribution in [3.63, 3.8) is 0 Å². The second-order valence-electron chi connectivity index (χ2n) is 5.84. The first kappa shape index (κ1) is 19.6. The number of halogens is 1. The van der Waals surface area contributed by atoms with Crippen LogP contribution >= 0.6 is 11.8 Å². The number of thioether (sulfide) groups is 1. The van der Waals surface area contributed by atoms with Gasteiger partial charge in [-0.2, -0.15) is 0 Å². The number of anilines is 1. The number of carbonyl (C=O) groups excluding carboxylic acids is 2. The van der Waals surface area contributed by atoms with Crippen LogP contribution in [0, 0.1) is 5.82 Å². The van der Waals surface area contributed by atoms with Gasteiger partial charge in [0.15, 0.2) is 5.16 Å². The highest BCUT2D eigenvalue weighted by Gasteiger charge is 2.18. The predicted molar refractivity (Wildman–Crippen MR) is 108 cm³/mol. The lowest BCUT2D eigenvalue weighted by Gasteiger charge is -2.12. The van der Waals surface area contributed by atoms with Crippen LogP contribution in [0.5, 0.6) is 0 Å². The molecule has 0 bridgehead atoms. The SMILES string of the molecule is CCNC(=O)c1cccc(NC(=O)c2cnc(SC)n2-c2ccc(F)cc2)c1. The number of rotatable bonds is 6. The Morgan fingerprint density at radius 1 is 1.14 bits per heavy atom. The first-order valence-electron chi connectivity index (χ1n) is 8.60. The smallest absolute Gasteiger partial charge is 0.274 e. The minimum Gasteiger partial charge on any atom is -0.352 e. The van der Waals surface area contributed by atoms with E-state index >= 15 is 0 Å². The van der Waals surface area contributed by atoms with Crippen LogP contribution in [0.2, 0.25) is 0 Å². The number of amides is 2. The lowest BCUT2D eigenvalue weighted by atomic mass is 10.2. The Kier molecular flexibility index (Phi) is 6.10. The molecule has 144 valence electrons. The molecule has 0 saturated heterocycles. The molecule has 28 heavy (non-hydrogen) atoms. The summed E-state index contributed by atoms with van der Waals surface area (Å²) < 4.78 is 14.9. The first-order chi connectivity index (χ1) is 13.5. The molecule has 0 unspecified atom stereocenters. The molecule has 0 fully saturated rings. The average molecular weight is 398 g/mol. The molecule has 8 heteroatoms. The standard InChI is InChI=1S/C20H19FN4O2S/c1-3-22-18(26)13-5-4-6-15(11-13)24-19(27)17-12-23-20(28-2)25(17)16-9-7-14(21)8-10-16/h4-12H,3H2,1-2H3,(H,22,26)(H,24,27). The molecule has 3 rings (SSSR count). The van der Waals surface area contributed by atoms with Crippen molar-refractivity contribution in [1.29, 1.82) is 0 Å². The van der Waals surface area contributed by atoms with E-state index in [4.69, 9.17) is 0 Å². The second kappa shape index (κ2) is 8.71. The van der Waals surface area contributed by atoms with E-state index in [1.54, 1.807) is 41.0 Å². The topological polar surface area (TPSA) is 76.0 Å². The van der Waals surface area contributed by atoms with Crippen LogP contribution in [0.4, 0.5) is 10.1 Å². The minimum atomic E-state index is -0.384. The van der Waals surface area contributed by atoms with Crippen LogP contribution in [-0.4, -0.2) is 34.2 Å². The summed E-state index contributed by atoms with van der Waals surface area (Å²) in [6, 6.07) is 12.5. The Labute approximate surface area is 166 Å². The molecule has 0 aliphatic rings. The molecule has 2 aromatic carbocycles. The quantitative estimate of drug-likeness (QED) is 0.621. The Morgan fingerprint density at radius 3 is 2.57 bits per heavy atom. The predicted octanol–water partition coefficient (Wildman–Crippen LogP) is 3.74. The molecule has 6 nitrogen and oxygen atoms in total. The van der Waals surface area contributed by atoms with Crippen LogP contribution in [-0.2, 0) is 0 Å². The lowest BCUT2D eigenvalue weighted by Crippen LogP contribution is -2.23. The molecule has 3 aromatic rings. The molecular weight excluding hydrogens is 379 g/mol. The third-order valence-electron chi connectivity index (χ3n) is 3.95. The number of aromatic nitrogens is 2. The summed E-state index contributed by atoms with van der Waals surface area (Å²) in [5.74, 6) is -0.951. The number of hydrogen-bond acceptors (Lipinski definition) is 4. The Bertz CT molecular complexity index is 1000. The summed E-state index contributed by atoms with van der Waals surface area (Å²) in [7, 11) is 0. The van der Waals surface area contributed by atoms with Gasteiger partial charge in [-0.25, -0.2) is 9.37 Å². The van der Waals surface area contributed by atoms with Crippen LogP contribution in [0.25, 0.3) is 5.69 Å². The second-order valence-corrected chi connectivity index (χ2v) is 6.61. The number of carbonyl (C=O) groups is 2. The van der Waals surface area contributed by atoms with E-state index in [2.05, 4.69) is 15.6 Å². The maximum absolute atomic E-state index is 13.3. The fourth-order valence-corrected chi connectivity index (χ4v) is 3.22. The summed E-state index contributed by atoms with van der Waals surface area (Å²) in [4.78, 5) is 29.1. The van der Waals surface area contributed by atoms with Gasteiger partial charge in [-0.15, -0.1) is 0 Å². The molecule has 0 aliphatic carbocycles. The van der Waals surface area contributed by atoms with E-state index in [1.807, 2.05) is 13.2 Å². The van der Waals surface area contributed by atoms with Gasteiger partial charge in [0.25, 0.3) is 11.8 Å². The highest BCUT2D eigenvalue weighted by molar-refractivity contribution is 7.98. The van der Waals surface area contributed by atoms with E-state index in [1.165, 1.54) is 30.1 Å².